The van der Waals surface area contributed by atoms with E-state index in [-0.39, 0.29) is 17.9 Å². The number of hydrogen-bond donors (Lipinski definition) is 0. The number of aromatic nitrogens is 4. The van der Waals surface area contributed by atoms with Crippen LogP contribution in [0.1, 0.15) is 23.5 Å². The third-order valence-electron chi connectivity index (χ3n) is 6.84. The van der Waals surface area contributed by atoms with Gasteiger partial charge in [-0.2, -0.15) is 5.26 Å². The summed E-state index contributed by atoms with van der Waals surface area (Å²) in [6.45, 7) is 0.195. The molecule has 2 aliphatic heterocycles. The number of thioether (sulfide) groups is 1. The summed E-state index contributed by atoms with van der Waals surface area (Å²) in [5.74, 6) is -4.23. The molecule has 6 atom stereocenters. The number of fused-ring (bicyclic) bond motifs is 1. The minimum absolute atomic E-state index is 0.0191. The van der Waals surface area contributed by atoms with Crippen LogP contribution in [0.4, 0.5) is 13.2 Å². The van der Waals surface area contributed by atoms with Crippen molar-refractivity contribution in [3.8, 4) is 17.3 Å². The van der Waals surface area contributed by atoms with Gasteiger partial charge >= 0.3 is 0 Å². The van der Waals surface area contributed by atoms with Crippen molar-refractivity contribution in [1.29, 1.82) is 5.26 Å². The molecule has 0 bridgehead atoms. The molecule has 9 nitrogen and oxygen atoms in total. The Bertz CT molecular complexity index is 1560. The fourth-order valence-corrected chi connectivity index (χ4v) is 6.12. The van der Waals surface area contributed by atoms with Crippen LogP contribution in [-0.4, -0.2) is 57.4 Å². The van der Waals surface area contributed by atoms with Crippen LogP contribution in [0.2, 0.25) is 0 Å². The molecule has 2 aromatic heterocycles. The molecule has 0 saturated carbocycles. The van der Waals surface area contributed by atoms with Crippen LogP contribution < -0.4 is 0 Å². The standard InChI is InChI=1S/C28H22F3N5O4S/c1-37-26-24(36-13-21(34-35-36)17-8-19(29)23(31)20(30)9-17)25-22(14-38-27(40-25)16-5-3-2-4-6-16)39-28(26)41-18-7-15(10-32)11-33-12-18/h2-9,11-13,22,24-28H,14H2,1H3. The van der Waals surface area contributed by atoms with Crippen molar-refractivity contribution in [2.45, 2.75) is 41.0 Å². The van der Waals surface area contributed by atoms with Gasteiger partial charge in [-0.05, 0) is 18.2 Å². The van der Waals surface area contributed by atoms with Gasteiger partial charge in [-0.3, -0.25) is 4.98 Å². The Balaban J connectivity index is 1.37. The average molecular weight is 582 g/mol. The fourth-order valence-electron chi connectivity index (χ4n) is 4.93. The molecule has 41 heavy (non-hydrogen) atoms. The molecule has 0 aliphatic carbocycles. The van der Waals surface area contributed by atoms with Crippen molar-refractivity contribution in [3.63, 3.8) is 0 Å². The fraction of sp³-hybridized carbons (Fsp3) is 0.286. The van der Waals surface area contributed by atoms with Crippen molar-refractivity contribution in [3.05, 3.63) is 95.7 Å². The lowest BCUT2D eigenvalue weighted by molar-refractivity contribution is -0.308. The minimum Gasteiger partial charge on any atom is -0.375 e. The Morgan fingerprint density at radius 2 is 1.85 bits per heavy atom. The van der Waals surface area contributed by atoms with Crippen molar-refractivity contribution < 1.29 is 32.1 Å². The number of ether oxygens (including phenoxy) is 4. The van der Waals surface area contributed by atoms with Crippen LogP contribution in [0, 0.1) is 28.8 Å². The molecule has 2 aromatic carbocycles. The van der Waals surface area contributed by atoms with Gasteiger partial charge < -0.3 is 18.9 Å². The van der Waals surface area contributed by atoms with Gasteiger partial charge in [0.15, 0.2) is 23.7 Å². The number of methoxy groups -OCH3 is 1. The predicted molar refractivity (Wildman–Crippen MR) is 139 cm³/mol. The molecule has 13 heteroatoms. The summed E-state index contributed by atoms with van der Waals surface area (Å²) in [4.78, 5) is 4.81. The predicted octanol–water partition coefficient (Wildman–Crippen LogP) is 4.82. The molecular formula is C28H22F3N5O4S. The Kier molecular flexibility index (Phi) is 7.74. The van der Waals surface area contributed by atoms with Gasteiger partial charge in [0.1, 0.15) is 41.6 Å². The highest BCUT2D eigenvalue weighted by atomic mass is 32.2. The lowest BCUT2D eigenvalue weighted by Gasteiger charge is -2.48. The van der Waals surface area contributed by atoms with Crippen LogP contribution in [0.25, 0.3) is 11.3 Å². The van der Waals surface area contributed by atoms with E-state index >= 15 is 0 Å². The molecular weight excluding hydrogens is 559 g/mol. The third kappa shape index (κ3) is 5.44. The number of hydrogen-bond acceptors (Lipinski definition) is 9. The number of benzene rings is 2. The van der Waals surface area contributed by atoms with Gasteiger partial charge in [-0.15, -0.1) is 5.10 Å². The van der Waals surface area contributed by atoms with E-state index in [1.54, 1.807) is 12.3 Å². The van der Waals surface area contributed by atoms with Crippen molar-refractivity contribution in [2.75, 3.05) is 13.7 Å². The number of rotatable bonds is 6. The molecule has 4 aromatic rings. The maximum atomic E-state index is 14.0. The maximum absolute atomic E-state index is 14.0. The first-order valence-corrected chi connectivity index (χ1v) is 13.4. The van der Waals surface area contributed by atoms with Crippen LogP contribution >= 0.6 is 11.8 Å². The minimum atomic E-state index is -1.56. The first-order chi connectivity index (χ1) is 19.9. The molecule has 0 spiro atoms. The summed E-state index contributed by atoms with van der Waals surface area (Å²) in [5, 5.41) is 17.7. The van der Waals surface area contributed by atoms with Gasteiger partial charge in [0.25, 0.3) is 0 Å². The summed E-state index contributed by atoms with van der Waals surface area (Å²) in [6, 6.07) is 14.3. The second-order valence-electron chi connectivity index (χ2n) is 9.39. The van der Waals surface area contributed by atoms with Crippen LogP contribution in [0.5, 0.6) is 0 Å². The van der Waals surface area contributed by atoms with E-state index in [2.05, 4.69) is 21.4 Å². The normalized spacial score (nSPS) is 25.8. The smallest absolute Gasteiger partial charge is 0.194 e. The topological polar surface area (TPSA) is 104 Å². The molecule has 2 fully saturated rings. The van der Waals surface area contributed by atoms with Gasteiger partial charge in [-0.25, -0.2) is 17.9 Å². The lowest BCUT2D eigenvalue weighted by atomic mass is 9.95. The van der Waals surface area contributed by atoms with Crippen LogP contribution in [0.3, 0.4) is 0 Å². The third-order valence-corrected chi connectivity index (χ3v) is 7.95. The van der Waals surface area contributed by atoms with E-state index in [0.29, 0.717) is 10.5 Å². The first-order valence-electron chi connectivity index (χ1n) is 12.5. The number of halogens is 3. The molecule has 6 unspecified atom stereocenters. The van der Waals surface area contributed by atoms with Gasteiger partial charge in [0.2, 0.25) is 0 Å². The van der Waals surface area contributed by atoms with E-state index in [9.17, 15) is 18.4 Å². The molecule has 0 radical (unpaired) electrons. The summed E-state index contributed by atoms with van der Waals surface area (Å²) < 4.78 is 67.8. The summed E-state index contributed by atoms with van der Waals surface area (Å²) >= 11 is 1.31. The molecule has 0 N–H and O–H groups in total. The number of pyridine rings is 1. The second-order valence-corrected chi connectivity index (χ2v) is 10.6. The van der Waals surface area contributed by atoms with E-state index in [0.717, 1.165) is 17.7 Å². The zero-order chi connectivity index (χ0) is 28.5. The number of nitrogens with zero attached hydrogens (tertiary/aromatic N) is 5. The quantitative estimate of drug-likeness (QED) is 0.297. The highest BCUT2D eigenvalue weighted by molar-refractivity contribution is 7.99. The Morgan fingerprint density at radius 1 is 1.07 bits per heavy atom. The number of nitriles is 1. The average Bonchev–Trinajstić information content (AvgIpc) is 3.49. The second kappa shape index (κ2) is 11.6. The van der Waals surface area contributed by atoms with Gasteiger partial charge in [0, 0.05) is 35.5 Å². The Morgan fingerprint density at radius 3 is 2.59 bits per heavy atom. The lowest BCUT2D eigenvalue weighted by Crippen LogP contribution is -2.59. The SMILES string of the molecule is COC1C(Sc2cncc(C#N)c2)OC2COC(c3ccccc3)OC2C1n1cc(-c2cc(F)c(F)c(F)c2)nn1. The zero-order valence-electron chi connectivity index (χ0n) is 21.4. The Labute approximate surface area is 236 Å². The molecule has 210 valence electrons. The Hall–Kier alpha value is -3.80. The largest absolute Gasteiger partial charge is 0.375 e. The van der Waals surface area contributed by atoms with Crippen molar-refractivity contribution in [1.82, 2.24) is 20.0 Å². The highest BCUT2D eigenvalue weighted by Crippen LogP contribution is 2.44. The van der Waals surface area contributed by atoms with E-state index in [4.69, 9.17) is 18.9 Å². The van der Waals surface area contributed by atoms with E-state index in [1.807, 2.05) is 30.3 Å². The summed E-state index contributed by atoms with van der Waals surface area (Å²) in [7, 11) is 1.52. The van der Waals surface area contributed by atoms with Crippen LogP contribution in [-0.2, 0) is 18.9 Å². The highest BCUT2D eigenvalue weighted by Gasteiger charge is 2.52. The molecule has 2 aliphatic rings. The van der Waals surface area contributed by atoms with Gasteiger partial charge in [0.05, 0.1) is 18.4 Å². The summed E-state index contributed by atoms with van der Waals surface area (Å²) in [6.07, 6.45) is 2.04. The molecule has 2 saturated heterocycles. The molecule has 4 heterocycles. The molecule has 6 rings (SSSR count). The van der Waals surface area contributed by atoms with E-state index < -0.39 is 53.5 Å². The van der Waals surface area contributed by atoms with E-state index in [1.165, 1.54) is 35.9 Å². The summed E-state index contributed by atoms with van der Waals surface area (Å²) in [5.41, 5.74) is 0.735. The van der Waals surface area contributed by atoms with Crippen molar-refractivity contribution in [2.24, 2.45) is 0 Å². The van der Waals surface area contributed by atoms with Crippen LogP contribution in [0.15, 0.2) is 72.0 Å². The molecule has 0 amide bonds. The van der Waals surface area contributed by atoms with Crippen molar-refractivity contribution >= 4 is 11.8 Å². The zero-order valence-corrected chi connectivity index (χ0v) is 22.2. The first kappa shape index (κ1) is 27.4. The maximum Gasteiger partial charge on any atom is 0.194 e. The van der Waals surface area contributed by atoms with Gasteiger partial charge in [-0.1, -0.05) is 47.3 Å². The monoisotopic (exact) mass is 581 g/mol.